The number of fused-ring (bicyclic) bond motifs is 1. The van der Waals surface area contributed by atoms with Crippen LogP contribution >= 0.6 is 0 Å². The minimum absolute atomic E-state index is 0.150. The number of urea groups is 2. The molecule has 3 rings (SSSR count). The van der Waals surface area contributed by atoms with Crippen molar-refractivity contribution in [3.05, 3.63) is 17.7 Å². The molecule has 0 bridgehead atoms. The lowest BCUT2D eigenvalue weighted by Crippen LogP contribution is -2.47. The van der Waals surface area contributed by atoms with Crippen molar-refractivity contribution in [2.45, 2.75) is 12.3 Å². The number of aromatic hydroxyl groups is 1. The van der Waals surface area contributed by atoms with Crippen LogP contribution in [0.15, 0.2) is 17.2 Å². The first-order chi connectivity index (χ1) is 12.9. The summed E-state index contributed by atoms with van der Waals surface area (Å²) in [6, 6.07) is 2.10. The normalized spacial score (nSPS) is 20.7. The van der Waals surface area contributed by atoms with Crippen LogP contribution in [0.5, 0.6) is 17.2 Å². The van der Waals surface area contributed by atoms with Gasteiger partial charge in [-0.15, -0.1) is 0 Å². The topological polar surface area (TPSA) is 154 Å². The molecule has 2 aliphatic rings. The van der Waals surface area contributed by atoms with Crippen molar-refractivity contribution in [1.82, 2.24) is 26.3 Å². The average Bonchev–Trinajstić information content (AvgIpc) is 3.12. The Morgan fingerprint density at radius 2 is 1.93 bits per heavy atom. The third-order valence-electron chi connectivity index (χ3n) is 3.98. The summed E-state index contributed by atoms with van der Waals surface area (Å²) in [5, 5.41) is 21.3. The number of carbonyl (C=O) groups excluding carboxylic acids is 3. The van der Waals surface area contributed by atoms with Crippen LogP contribution in [0.2, 0.25) is 0 Å². The lowest BCUT2D eigenvalue weighted by Gasteiger charge is -2.19. The van der Waals surface area contributed by atoms with Crippen molar-refractivity contribution in [2.24, 2.45) is 5.10 Å². The van der Waals surface area contributed by atoms with Gasteiger partial charge in [0.1, 0.15) is 18.9 Å². The molecule has 1 aromatic rings. The van der Waals surface area contributed by atoms with Crippen molar-refractivity contribution < 1.29 is 29.0 Å². The van der Waals surface area contributed by atoms with E-state index in [-0.39, 0.29) is 23.8 Å². The number of phenols is 1. The van der Waals surface area contributed by atoms with Crippen LogP contribution in [0.25, 0.3) is 0 Å². The number of phenolic OH excluding ortho intramolecular Hbond substituents is 1. The van der Waals surface area contributed by atoms with Crippen molar-refractivity contribution in [3.8, 4) is 17.2 Å². The summed E-state index contributed by atoms with van der Waals surface area (Å²) in [4.78, 5) is 36.4. The van der Waals surface area contributed by atoms with E-state index in [0.29, 0.717) is 5.56 Å². The third kappa shape index (κ3) is 3.63. The fraction of sp³-hybridized carbons (Fsp3) is 0.333. The predicted octanol–water partition coefficient (Wildman–Crippen LogP) is -1.15. The van der Waals surface area contributed by atoms with Gasteiger partial charge in [-0.3, -0.25) is 9.69 Å². The molecule has 27 heavy (non-hydrogen) atoms. The van der Waals surface area contributed by atoms with Crippen LogP contribution in [0, 0.1) is 0 Å². The second-order valence-electron chi connectivity index (χ2n) is 5.68. The van der Waals surface area contributed by atoms with Crippen molar-refractivity contribution in [1.29, 1.82) is 0 Å². The summed E-state index contributed by atoms with van der Waals surface area (Å²) >= 11 is 0. The van der Waals surface area contributed by atoms with E-state index in [1.165, 1.54) is 37.5 Å². The molecule has 0 radical (unpaired) electrons. The Hall–Kier alpha value is -3.70. The molecule has 12 heteroatoms. The lowest BCUT2D eigenvalue weighted by molar-refractivity contribution is -0.121. The second-order valence-corrected chi connectivity index (χ2v) is 5.68. The Kier molecular flexibility index (Phi) is 4.88. The summed E-state index contributed by atoms with van der Waals surface area (Å²) in [6.45, 7) is -0.297. The molecule has 2 aliphatic heterocycles. The molecular formula is C15H18N6O6. The van der Waals surface area contributed by atoms with E-state index in [2.05, 4.69) is 26.5 Å². The van der Waals surface area contributed by atoms with Crippen LogP contribution in [-0.4, -0.2) is 67.3 Å². The first-order valence-corrected chi connectivity index (χ1v) is 7.84. The Labute approximate surface area is 153 Å². The highest BCUT2D eigenvalue weighted by Crippen LogP contribution is 2.36. The highest BCUT2D eigenvalue weighted by molar-refractivity contribution is 5.89. The second kappa shape index (κ2) is 7.27. The largest absolute Gasteiger partial charge is 0.502 e. The van der Waals surface area contributed by atoms with Crippen LogP contribution in [0.1, 0.15) is 5.56 Å². The number of hydrogen-bond donors (Lipinski definition) is 5. The van der Waals surface area contributed by atoms with E-state index < -0.39 is 30.3 Å². The van der Waals surface area contributed by atoms with E-state index in [1.54, 1.807) is 0 Å². The molecule has 1 aromatic carbocycles. The van der Waals surface area contributed by atoms with Crippen molar-refractivity contribution in [2.75, 3.05) is 20.8 Å². The standard InChI is InChI=1S/C15H18N6O6/c1-26-8-3-7(4-9(27-2)11(8)23)5-16-20-10(22)6-21-13-12(18-15(21)25)17-14(24)19-13/h3-5,12-13,23H,6H2,1-2H3,(H,18,25)(H,20,22)(H2,17,19,24)/b16-5-/t12-,13-/m0/s1. The van der Waals surface area contributed by atoms with Gasteiger partial charge in [0.2, 0.25) is 5.75 Å². The quantitative estimate of drug-likeness (QED) is 0.311. The van der Waals surface area contributed by atoms with Gasteiger partial charge in [0.25, 0.3) is 5.91 Å². The van der Waals surface area contributed by atoms with Crippen molar-refractivity contribution in [3.63, 3.8) is 0 Å². The number of nitrogens with one attached hydrogen (secondary N) is 4. The Balaban J connectivity index is 1.61. The number of nitrogens with zero attached hydrogens (tertiary/aromatic N) is 2. The van der Waals surface area contributed by atoms with Gasteiger partial charge in [0.05, 0.1) is 20.4 Å². The maximum absolute atomic E-state index is 12.0. The summed E-state index contributed by atoms with van der Waals surface area (Å²) in [5.41, 5.74) is 2.80. The Morgan fingerprint density at radius 3 is 2.56 bits per heavy atom. The number of hydrazone groups is 1. The molecule has 0 aliphatic carbocycles. The molecule has 0 unspecified atom stereocenters. The lowest BCUT2D eigenvalue weighted by atomic mass is 10.2. The minimum Gasteiger partial charge on any atom is -0.502 e. The summed E-state index contributed by atoms with van der Waals surface area (Å²) < 4.78 is 10.1. The van der Waals surface area contributed by atoms with Gasteiger partial charge < -0.3 is 30.5 Å². The molecule has 0 spiro atoms. The van der Waals surface area contributed by atoms with Crippen LogP contribution in [0.4, 0.5) is 9.59 Å². The molecule has 12 nitrogen and oxygen atoms in total. The zero-order valence-electron chi connectivity index (χ0n) is 14.5. The zero-order valence-corrected chi connectivity index (χ0v) is 14.5. The monoisotopic (exact) mass is 378 g/mol. The molecular weight excluding hydrogens is 360 g/mol. The average molecular weight is 378 g/mol. The third-order valence-corrected chi connectivity index (χ3v) is 3.98. The maximum Gasteiger partial charge on any atom is 0.321 e. The van der Waals surface area contributed by atoms with E-state index in [1.807, 2.05) is 0 Å². The molecule has 144 valence electrons. The van der Waals surface area contributed by atoms with E-state index in [0.717, 1.165) is 0 Å². The summed E-state index contributed by atoms with van der Waals surface area (Å²) in [5.74, 6) is -0.332. The number of benzene rings is 1. The number of rotatable bonds is 6. The Bertz CT molecular complexity index is 787. The fourth-order valence-electron chi connectivity index (χ4n) is 2.72. The van der Waals surface area contributed by atoms with Gasteiger partial charge in [-0.05, 0) is 12.1 Å². The van der Waals surface area contributed by atoms with Gasteiger partial charge in [0, 0.05) is 5.56 Å². The summed E-state index contributed by atoms with van der Waals surface area (Å²) in [6.07, 6.45) is 0.0947. The van der Waals surface area contributed by atoms with Crippen LogP contribution in [-0.2, 0) is 4.79 Å². The smallest absolute Gasteiger partial charge is 0.321 e. The molecule has 2 atom stereocenters. The van der Waals surface area contributed by atoms with E-state index in [4.69, 9.17) is 9.47 Å². The number of hydrogen-bond acceptors (Lipinski definition) is 7. The Morgan fingerprint density at radius 1 is 1.26 bits per heavy atom. The van der Waals surface area contributed by atoms with Gasteiger partial charge in [0.15, 0.2) is 11.5 Å². The van der Waals surface area contributed by atoms with Gasteiger partial charge in [-0.1, -0.05) is 0 Å². The fourth-order valence-corrected chi connectivity index (χ4v) is 2.72. The zero-order chi connectivity index (χ0) is 19.6. The first-order valence-electron chi connectivity index (χ1n) is 7.84. The molecule has 0 saturated carbocycles. The molecule has 2 saturated heterocycles. The maximum atomic E-state index is 12.0. The molecule has 5 N–H and O–H groups in total. The number of ether oxygens (including phenoxy) is 2. The SMILES string of the molecule is COc1cc(/C=N\NC(=O)CN2C(=O)N[C@@H]3NC(=O)N[C@H]32)cc(OC)c1O. The number of methoxy groups -OCH3 is 2. The molecule has 2 fully saturated rings. The highest BCUT2D eigenvalue weighted by Gasteiger charge is 2.45. The minimum atomic E-state index is -0.648. The highest BCUT2D eigenvalue weighted by atomic mass is 16.5. The first kappa shape index (κ1) is 18.1. The predicted molar refractivity (Wildman–Crippen MR) is 91.4 cm³/mol. The van der Waals surface area contributed by atoms with Crippen LogP contribution in [0.3, 0.4) is 0 Å². The molecule has 0 aromatic heterocycles. The summed E-state index contributed by atoms with van der Waals surface area (Å²) in [7, 11) is 2.78. The van der Waals surface area contributed by atoms with E-state index in [9.17, 15) is 19.5 Å². The van der Waals surface area contributed by atoms with E-state index >= 15 is 0 Å². The van der Waals surface area contributed by atoms with Gasteiger partial charge in [-0.25, -0.2) is 15.0 Å². The van der Waals surface area contributed by atoms with Gasteiger partial charge >= 0.3 is 12.1 Å². The van der Waals surface area contributed by atoms with Gasteiger partial charge in [-0.2, -0.15) is 5.10 Å². The van der Waals surface area contributed by atoms with Crippen LogP contribution < -0.4 is 30.8 Å². The van der Waals surface area contributed by atoms with Crippen molar-refractivity contribution >= 4 is 24.2 Å². The molecule has 5 amide bonds. The number of amides is 5. The number of carbonyl (C=O) groups is 3. The molecule has 2 heterocycles.